The standard InChI is InChI=1S/3C12H21N.2C11H20N2.2C10H19N3/c2*1-11(2,3)9-7-10(13-8-9)12(4,5)6;1-11(2,3)10-7-8-13(9-10)12(4,5)6;1-10(2,3)9-7-13(8-12-9)11(4,5)6;1-10(2,3)9-7-8-13(12-9)11(4,5)6;1-9(2,3)8-11-7-13(12-8)10(4,5)6;1-9(2,3)7-11-8(13-12-7)10(4,5)6/h2*7-8,13H,1-6H3;7-9H,1-6H3;2*7-8H,1-6H3;7H,1-6H3;1-6H3,(H,11,12,13). The summed E-state index contributed by atoms with van der Waals surface area (Å²) in [7, 11) is 0. The van der Waals surface area contributed by atoms with Gasteiger partial charge in [0.15, 0.2) is 11.6 Å². The minimum absolute atomic E-state index is 0.0243. The first-order valence-corrected chi connectivity index (χ1v) is 33.5. The molecule has 3 N–H and O–H groups in total. The third-order valence-electron chi connectivity index (χ3n) is 14.9. The van der Waals surface area contributed by atoms with Crippen LogP contribution in [0.3, 0.4) is 0 Å². The van der Waals surface area contributed by atoms with Crippen LogP contribution in [-0.2, 0) is 76.3 Å². The second-order valence-corrected chi connectivity index (χ2v) is 39.4. The van der Waals surface area contributed by atoms with Crippen LogP contribution in [0.25, 0.3) is 0 Å². The Hall–Kier alpha value is -5.46. The molecule has 7 aromatic heterocycles. The zero-order chi connectivity index (χ0) is 71.9. The molecule has 13 heteroatoms. The lowest BCUT2D eigenvalue weighted by Gasteiger charge is -2.22. The van der Waals surface area contributed by atoms with Crippen molar-refractivity contribution in [2.24, 2.45) is 0 Å². The summed E-state index contributed by atoms with van der Waals surface area (Å²) in [5.41, 5.74) is 11.2. The largest absolute Gasteiger partial charge is 0.364 e. The second-order valence-electron chi connectivity index (χ2n) is 39.4. The zero-order valence-corrected chi connectivity index (χ0v) is 66.9. The van der Waals surface area contributed by atoms with E-state index < -0.39 is 0 Å². The summed E-state index contributed by atoms with van der Waals surface area (Å²) in [5, 5.41) is 16.2. The van der Waals surface area contributed by atoms with Crippen LogP contribution in [-0.4, -0.2) is 63.8 Å². The summed E-state index contributed by atoms with van der Waals surface area (Å²) in [6, 6.07) is 8.87. The van der Waals surface area contributed by atoms with E-state index in [4.69, 9.17) is 0 Å². The van der Waals surface area contributed by atoms with E-state index in [-0.39, 0.29) is 76.3 Å². The van der Waals surface area contributed by atoms with Crippen LogP contribution in [0.1, 0.15) is 348 Å². The van der Waals surface area contributed by atoms with Crippen molar-refractivity contribution >= 4 is 0 Å². The Morgan fingerprint density at radius 3 is 0.923 bits per heavy atom. The number of aromatic nitrogens is 13. The predicted molar refractivity (Wildman–Crippen MR) is 394 cm³/mol. The van der Waals surface area contributed by atoms with E-state index in [0.717, 1.165) is 28.9 Å². The molecular formula is C78H141N13. The normalized spacial score (nSPS) is 13.4. The van der Waals surface area contributed by atoms with Gasteiger partial charge in [-0.3, -0.25) is 9.78 Å². The summed E-state index contributed by atoms with van der Waals surface area (Å²) in [4.78, 5) is 19.9. The van der Waals surface area contributed by atoms with Gasteiger partial charge in [0.05, 0.1) is 28.8 Å². The number of aromatic amines is 3. The number of imidazole rings is 1. The van der Waals surface area contributed by atoms with E-state index in [2.05, 4.69) is 407 Å². The third kappa shape index (κ3) is 28.7. The van der Waals surface area contributed by atoms with Gasteiger partial charge in [0.1, 0.15) is 12.2 Å². The number of H-pyrrole nitrogens is 3. The fourth-order valence-corrected chi connectivity index (χ4v) is 7.82. The molecule has 0 spiro atoms. The van der Waals surface area contributed by atoms with Gasteiger partial charge in [-0.1, -0.05) is 208 Å². The van der Waals surface area contributed by atoms with Crippen molar-refractivity contribution in [3.8, 4) is 0 Å². The minimum atomic E-state index is 0.0243. The maximum absolute atomic E-state index is 4.57. The van der Waals surface area contributed by atoms with Crippen LogP contribution in [0.15, 0.2) is 74.1 Å². The van der Waals surface area contributed by atoms with Gasteiger partial charge in [-0.05, 0) is 140 Å². The molecule has 0 bridgehead atoms. The average molecular weight is 1260 g/mol. The molecule has 13 nitrogen and oxygen atoms in total. The molecule has 7 rings (SSSR count). The first kappa shape index (κ1) is 83.6. The summed E-state index contributed by atoms with van der Waals surface area (Å²) in [5.74, 6) is 2.75. The molecule has 0 saturated heterocycles. The van der Waals surface area contributed by atoms with Gasteiger partial charge in [0, 0.05) is 97.6 Å². The number of nitrogens with zero attached hydrogens (tertiary/aromatic N) is 10. The Kier molecular flexibility index (Phi) is 27.0. The Balaban J connectivity index is 0.000000531. The van der Waals surface area contributed by atoms with Gasteiger partial charge < -0.3 is 19.1 Å². The van der Waals surface area contributed by atoms with Crippen molar-refractivity contribution in [1.82, 2.24) is 63.8 Å². The zero-order valence-electron chi connectivity index (χ0n) is 66.9. The molecule has 0 amide bonds. The molecule has 0 atom stereocenters. The lowest BCUT2D eigenvalue weighted by atomic mass is 9.86. The molecular weight excluding hydrogens is 1120 g/mol. The molecule has 91 heavy (non-hydrogen) atoms. The Bertz CT molecular complexity index is 2400. The van der Waals surface area contributed by atoms with Gasteiger partial charge in [-0.15, -0.1) is 0 Å². The van der Waals surface area contributed by atoms with E-state index in [1.165, 1.54) is 28.1 Å². The molecule has 0 fully saturated rings. The molecule has 0 aliphatic heterocycles. The highest BCUT2D eigenvalue weighted by Gasteiger charge is 2.28. The maximum atomic E-state index is 4.57. The van der Waals surface area contributed by atoms with Crippen molar-refractivity contribution in [2.45, 2.75) is 367 Å². The predicted octanol–water partition coefficient (Wildman–Crippen LogP) is 21.4. The minimum Gasteiger partial charge on any atom is -0.364 e. The molecule has 0 unspecified atom stereocenters. The third-order valence-corrected chi connectivity index (χ3v) is 14.9. The molecule has 0 saturated carbocycles. The molecule has 0 aliphatic carbocycles. The summed E-state index contributed by atoms with van der Waals surface area (Å²) in [6.45, 7) is 91.8. The summed E-state index contributed by atoms with van der Waals surface area (Å²) < 4.78 is 8.36. The smallest absolute Gasteiger partial charge is 0.156 e. The molecule has 518 valence electrons. The summed E-state index contributed by atoms with van der Waals surface area (Å²) >= 11 is 0. The van der Waals surface area contributed by atoms with Gasteiger partial charge in [0.2, 0.25) is 0 Å². The Morgan fingerprint density at radius 1 is 0.319 bits per heavy atom. The monoisotopic (exact) mass is 1260 g/mol. The van der Waals surface area contributed by atoms with Gasteiger partial charge in [-0.25, -0.2) is 19.6 Å². The molecule has 0 radical (unpaired) electrons. The van der Waals surface area contributed by atoms with E-state index in [1.54, 1.807) is 6.33 Å². The van der Waals surface area contributed by atoms with Crippen LogP contribution < -0.4 is 0 Å². The fraction of sp³-hybridized carbons (Fsp3) is 0.718. The van der Waals surface area contributed by atoms with Crippen molar-refractivity contribution in [3.63, 3.8) is 0 Å². The van der Waals surface area contributed by atoms with Crippen LogP contribution in [0, 0.1) is 0 Å². The first-order chi connectivity index (χ1) is 40.0. The van der Waals surface area contributed by atoms with Gasteiger partial charge >= 0.3 is 0 Å². The highest BCUT2D eigenvalue weighted by atomic mass is 15.4. The molecule has 0 aliphatic rings. The van der Waals surface area contributed by atoms with E-state index in [9.17, 15) is 0 Å². The fourth-order valence-electron chi connectivity index (χ4n) is 7.82. The SMILES string of the molecule is CC(C)(C)c1c[nH]c(C(C)(C)C)c1.CC(C)(C)c1c[nH]c(C(C)(C)C)c1.CC(C)(C)c1ccn(C(C)(C)C)c1.CC(C)(C)c1ccn(C(C)(C)C)n1.CC(C)(C)c1cn(C(C)(C)C)cn1.CC(C)(C)c1n[nH]c(C(C)(C)C)n1.CC(C)(C)c1ncn(C(C)(C)C)n1. The van der Waals surface area contributed by atoms with E-state index in [1.807, 2.05) is 15.7 Å². The second kappa shape index (κ2) is 29.5. The van der Waals surface area contributed by atoms with E-state index in [0.29, 0.717) is 0 Å². The van der Waals surface area contributed by atoms with Crippen LogP contribution >= 0.6 is 0 Å². The highest BCUT2D eigenvalue weighted by Crippen LogP contribution is 2.31. The van der Waals surface area contributed by atoms with Crippen LogP contribution in [0.4, 0.5) is 0 Å². The quantitative estimate of drug-likeness (QED) is 0.138. The number of hydrogen-bond acceptors (Lipinski definition) is 6. The van der Waals surface area contributed by atoms with Crippen LogP contribution in [0.2, 0.25) is 0 Å². The Labute approximate surface area is 559 Å². The maximum Gasteiger partial charge on any atom is 0.156 e. The molecule has 0 aromatic carbocycles. The van der Waals surface area contributed by atoms with Crippen molar-refractivity contribution in [1.29, 1.82) is 0 Å². The molecule has 7 heterocycles. The highest BCUT2D eigenvalue weighted by molar-refractivity contribution is 5.29. The topological polar surface area (TPSA) is 144 Å². The van der Waals surface area contributed by atoms with E-state index >= 15 is 0 Å². The molecule has 7 aromatic rings. The van der Waals surface area contributed by atoms with Gasteiger partial charge in [-0.2, -0.15) is 15.3 Å². The number of nitrogens with one attached hydrogen (secondary N) is 3. The summed E-state index contributed by atoms with van der Waals surface area (Å²) in [6.07, 6.45) is 16.6. The van der Waals surface area contributed by atoms with Gasteiger partial charge in [0.25, 0.3) is 0 Å². The average Bonchev–Trinajstić information content (AvgIpc) is 1.87. The van der Waals surface area contributed by atoms with Crippen LogP contribution in [0.5, 0.6) is 0 Å². The lowest BCUT2D eigenvalue weighted by Crippen LogP contribution is -2.23. The van der Waals surface area contributed by atoms with Crippen molar-refractivity contribution in [3.05, 3.63) is 131 Å². The number of hydrogen-bond donors (Lipinski definition) is 3. The first-order valence-electron chi connectivity index (χ1n) is 33.5. The number of rotatable bonds is 0. The van der Waals surface area contributed by atoms with Crippen molar-refractivity contribution < 1.29 is 0 Å². The lowest BCUT2D eigenvalue weighted by molar-refractivity contribution is 0.348. The Morgan fingerprint density at radius 2 is 0.725 bits per heavy atom. The van der Waals surface area contributed by atoms with Crippen molar-refractivity contribution in [2.75, 3.05) is 0 Å².